The Labute approximate surface area is 103 Å². The van der Waals surface area contributed by atoms with Gasteiger partial charge in [0.1, 0.15) is 11.9 Å². The first kappa shape index (κ1) is 14.0. The first-order valence-corrected chi connectivity index (χ1v) is 7.48. The van der Waals surface area contributed by atoms with Gasteiger partial charge in [-0.15, -0.1) is 0 Å². The average molecular weight is 257 g/mol. The van der Waals surface area contributed by atoms with Gasteiger partial charge in [-0.05, 0) is 25.0 Å². The second-order valence-electron chi connectivity index (χ2n) is 4.03. The number of para-hydroxylation sites is 1. The Balaban J connectivity index is 2.61. The van der Waals surface area contributed by atoms with Crippen LogP contribution in [-0.2, 0) is 10.0 Å². The highest BCUT2D eigenvalue weighted by molar-refractivity contribution is 7.88. The lowest BCUT2D eigenvalue weighted by atomic mass is 10.2. The largest absolute Gasteiger partial charge is 0.489 e. The molecule has 0 aromatic heterocycles. The predicted octanol–water partition coefficient (Wildman–Crippen LogP) is 1.70. The molecule has 5 heteroatoms. The molecule has 0 spiro atoms. The fourth-order valence-electron chi connectivity index (χ4n) is 1.38. The molecule has 4 nitrogen and oxygen atoms in total. The molecular weight excluding hydrogens is 238 g/mol. The Morgan fingerprint density at radius 3 is 2.53 bits per heavy atom. The zero-order chi connectivity index (χ0) is 12.9. The summed E-state index contributed by atoms with van der Waals surface area (Å²) in [5, 5.41) is 0. The maximum Gasteiger partial charge on any atom is 0.208 e. The Morgan fingerprint density at radius 1 is 1.35 bits per heavy atom. The molecule has 1 N–H and O–H groups in total. The van der Waals surface area contributed by atoms with E-state index in [1.807, 2.05) is 38.1 Å². The molecule has 0 amide bonds. The average Bonchev–Trinajstić information content (AvgIpc) is 2.25. The van der Waals surface area contributed by atoms with Crippen LogP contribution in [0.4, 0.5) is 0 Å². The number of benzene rings is 1. The van der Waals surface area contributed by atoms with E-state index in [1.54, 1.807) is 0 Å². The zero-order valence-electron chi connectivity index (χ0n) is 10.4. The Bertz CT molecular complexity index is 457. The predicted molar refractivity (Wildman–Crippen MR) is 68.7 cm³/mol. The van der Waals surface area contributed by atoms with Crippen molar-refractivity contribution in [2.45, 2.75) is 26.4 Å². The fourth-order valence-corrected chi connectivity index (χ4v) is 1.87. The summed E-state index contributed by atoms with van der Waals surface area (Å²) in [7, 11) is -3.16. The van der Waals surface area contributed by atoms with Crippen molar-refractivity contribution in [1.29, 1.82) is 0 Å². The first-order valence-electron chi connectivity index (χ1n) is 5.59. The van der Waals surface area contributed by atoms with Crippen LogP contribution < -0.4 is 9.46 Å². The number of hydrogen-bond acceptors (Lipinski definition) is 3. The molecule has 17 heavy (non-hydrogen) atoms. The molecule has 1 aromatic carbocycles. The van der Waals surface area contributed by atoms with Crippen LogP contribution in [0.1, 0.15) is 18.9 Å². The molecule has 0 aliphatic heterocycles. The zero-order valence-corrected chi connectivity index (χ0v) is 11.3. The van der Waals surface area contributed by atoms with E-state index in [2.05, 4.69) is 4.72 Å². The van der Waals surface area contributed by atoms with E-state index in [0.29, 0.717) is 6.54 Å². The molecule has 0 aliphatic rings. The van der Waals surface area contributed by atoms with Crippen molar-refractivity contribution in [1.82, 2.24) is 4.72 Å². The maximum absolute atomic E-state index is 11.0. The van der Waals surface area contributed by atoms with Gasteiger partial charge in [-0.25, -0.2) is 13.1 Å². The maximum atomic E-state index is 11.0. The minimum Gasteiger partial charge on any atom is -0.489 e. The highest BCUT2D eigenvalue weighted by atomic mass is 32.2. The molecular formula is C12H19NO3S. The summed E-state index contributed by atoms with van der Waals surface area (Å²) in [5.41, 5.74) is 1.05. The van der Waals surface area contributed by atoms with Crippen LogP contribution in [-0.4, -0.2) is 27.3 Å². The van der Waals surface area contributed by atoms with Crippen molar-refractivity contribution in [3.63, 3.8) is 0 Å². The summed E-state index contributed by atoms with van der Waals surface area (Å²) >= 11 is 0. The van der Waals surface area contributed by atoms with Crippen LogP contribution in [0.3, 0.4) is 0 Å². The van der Waals surface area contributed by atoms with Gasteiger partial charge in [0.2, 0.25) is 10.0 Å². The van der Waals surface area contributed by atoms with E-state index in [9.17, 15) is 8.42 Å². The lowest BCUT2D eigenvalue weighted by Crippen LogP contribution is -2.34. The van der Waals surface area contributed by atoms with Crippen LogP contribution >= 0.6 is 0 Å². The quantitative estimate of drug-likeness (QED) is 0.844. The summed E-state index contributed by atoms with van der Waals surface area (Å²) < 4.78 is 30.2. The van der Waals surface area contributed by atoms with Crippen LogP contribution in [0.25, 0.3) is 0 Å². The highest BCUT2D eigenvalue weighted by Gasteiger charge is 2.11. The van der Waals surface area contributed by atoms with Crippen molar-refractivity contribution in [2.75, 3.05) is 12.8 Å². The molecule has 0 bridgehead atoms. The Morgan fingerprint density at radius 2 is 2.00 bits per heavy atom. The second kappa shape index (κ2) is 6.02. The second-order valence-corrected chi connectivity index (χ2v) is 5.87. The number of ether oxygens (including phenoxy) is 1. The number of rotatable bonds is 6. The van der Waals surface area contributed by atoms with Gasteiger partial charge in [0.25, 0.3) is 0 Å². The number of nitrogens with one attached hydrogen (secondary N) is 1. The summed E-state index contributed by atoms with van der Waals surface area (Å²) in [6.07, 6.45) is 1.75. The molecule has 0 fully saturated rings. The van der Waals surface area contributed by atoms with Crippen molar-refractivity contribution >= 4 is 10.0 Å². The highest BCUT2D eigenvalue weighted by Crippen LogP contribution is 2.18. The van der Waals surface area contributed by atoms with E-state index in [1.165, 1.54) is 0 Å². The van der Waals surface area contributed by atoms with Gasteiger partial charge < -0.3 is 4.74 Å². The van der Waals surface area contributed by atoms with Crippen molar-refractivity contribution in [3.8, 4) is 5.75 Å². The van der Waals surface area contributed by atoms with E-state index in [-0.39, 0.29) is 6.10 Å². The Kier molecular flexibility index (Phi) is 4.96. The molecule has 0 aliphatic carbocycles. The molecule has 96 valence electrons. The molecule has 0 saturated carbocycles. The summed E-state index contributed by atoms with van der Waals surface area (Å²) in [5.74, 6) is 0.801. The molecule has 1 aromatic rings. The number of aryl methyl sites for hydroxylation is 1. The van der Waals surface area contributed by atoms with E-state index >= 15 is 0 Å². The van der Waals surface area contributed by atoms with Crippen LogP contribution in [0.5, 0.6) is 5.75 Å². The lowest BCUT2D eigenvalue weighted by Gasteiger charge is -2.18. The normalized spacial score (nSPS) is 13.4. The summed E-state index contributed by atoms with van der Waals surface area (Å²) in [6, 6.07) is 7.70. The monoisotopic (exact) mass is 257 g/mol. The van der Waals surface area contributed by atoms with Crippen molar-refractivity contribution in [2.24, 2.45) is 0 Å². The minimum atomic E-state index is -3.16. The van der Waals surface area contributed by atoms with Crippen molar-refractivity contribution < 1.29 is 13.2 Å². The molecule has 1 unspecified atom stereocenters. The van der Waals surface area contributed by atoms with E-state index < -0.39 is 10.0 Å². The van der Waals surface area contributed by atoms with Crippen LogP contribution in [0.2, 0.25) is 0 Å². The van der Waals surface area contributed by atoms with Gasteiger partial charge in [-0.3, -0.25) is 0 Å². The van der Waals surface area contributed by atoms with Crippen molar-refractivity contribution in [3.05, 3.63) is 29.8 Å². The van der Waals surface area contributed by atoms with E-state index in [4.69, 9.17) is 4.74 Å². The molecule has 1 atom stereocenters. The SMILES string of the molecule is CCC(CNS(C)(=O)=O)Oc1ccccc1C. The number of sulfonamides is 1. The van der Waals surface area contributed by atoms with Crippen LogP contribution in [0, 0.1) is 6.92 Å². The number of hydrogen-bond donors (Lipinski definition) is 1. The van der Waals surface area contributed by atoms with Crippen LogP contribution in [0.15, 0.2) is 24.3 Å². The van der Waals surface area contributed by atoms with Gasteiger partial charge in [-0.2, -0.15) is 0 Å². The molecule has 0 radical (unpaired) electrons. The minimum absolute atomic E-state index is 0.147. The first-order chi connectivity index (χ1) is 7.92. The lowest BCUT2D eigenvalue weighted by molar-refractivity contribution is 0.199. The smallest absolute Gasteiger partial charge is 0.208 e. The summed E-state index contributed by atoms with van der Waals surface area (Å²) in [6.45, 7) is 4.22. The van der Waals surface area contributed by atoms with Gasteiger partial charge in [0.15, 0.2) is 0 Å². The molecule has 1 rings (SSSR count). The van der Waals surface area contributed by atoms with E-state index in [0.717, 1.165) is 24.0 Å². The third-order valence-electron chi connectivity index (χ3n) is 2.42. The van der Waals surface area contributed by atoms with Gasteiger partial charge in [0.05, 0.1) is 6.26 Å². The topological polar surface area (TPSA) is 55.4 Å². The molecule has 0 saturated heterocycles. The van der Waals surface area contributed by atoms with Gasteiger partial charge in [-0.1, -0.05) is 25.1 Å². The third kappa shape index (κ3) is 5.19. The molecule has 0 heterocycles. The van der Waals surface area contributed by atoms with Gasteiger partial charge >= 0.3 is 0 Å². The standard InChI is InChI=1S/C12H19NO3S/c1-4-11(9-13-17(3,14)15)16-12-8-6-5-7-10(12)2/h5-8,11,13H,4,9H2,1-3H3. The third-order valence-corrected chi connectivity index (χ3v) is 3.11. The Hall–Kier alpha value is -1.07. The van der Waals surface area contributed by atoms with Gasteiger partial charge in [0, 0.05) is 6.54 Å². The summed E-state index contributed by atoms with van der Waals surface area (Å²) in [4.78, 5) is 0. The fraction of sp³-hybridized carbons (Fsp3) is 0.500.